The molecule has 0 aliphatic heterocycles. The first-order chi connectivity index (χ1) is 6.99. The van der Waals surface area contributed by atoms with Crippen molar-refractivity contribution in [1.82, 2.24) is 0 Å². The van der Waals surface area contributed by atoms with Crippen molar-refractivity contribution in [2.24, 2.45) is 0 Å². The Bertz CT molecular complexity index is 352. The molecule has 15 heavy (non-hydrogen) atoms. The van der Waals surface area contributed by atoms with Crippen LogP contribution in [0.5, 0.6) is 5.75 Å². The topological polar surface area (TPSA) is 29.5 Å². The van der Waals surface area contributed by atoms with Crippen LogP contribution in [0, 0.1) is 0 Å². The van der Waals surface area contributed by atoms with Gasteiger partial charge in [0.05, 0.1) is 10.5 Å². The highest BCUT2D eigenvalue weighted by Gasteiger charge is 2.55. The molecule has 1 unspecified atom stereocenters. The predicted octanol–water partition coefficient (Wildman–Crippen LogP) is 2.87. The zero-order chi connectivity index (χ0) is 11.1. The highest BCUT2D eigenvalue weighted by atomic mass is 127. The molecule has 0 radical (unpaired) electrons. The first-order valence-corrected chi connectivity index (χ1v) is 6.13. The van der Waals surface area contributed by atoms with Crippen molar-refractivity contribution in [2.45, 2.75) is 28.8 Å². The van der Waals surface area contributed by atoms with Crippen LogP contribution >= 0.6 is 22.6 Å². The molecule has 1 fully saturated rings. The van der Waals surface area contributed by atoms with E-state index in [1.807, 2.05) is 31.2 Å². The van der Waals surface area contributed by atoms with Crippen molar-refractivity contribution in [2.75, 3.05) is 7.11 Å². The summed E-state index contributed by atoms with van der Waals surface area (Å²) in [5, 5.41) is 10.5. The number of alkyl halides is 1. The number of hydrogen-bond acceptors (Lipinski definition) is 2. The van der Waals surface area contributed by atoms with Gasteiger partial charge >= 0.3 is 0 Å². The molecule has 1 atom stereocenters. The minimum atomic E-state index is -0.736. The van der Waals surface area contributed by atoms with Gasteiger partial charge in [0.15, 0.2) is 0 Å². The van der Waals surface area contributed by atoms with Crippen molar-refractivity contribution in [3.05, 3.63) is 29.8 Å². The molecular weight excluding hydrogens is 303 g/mol. The lowest BCUT2D eigenvalue weighted by Crippen LogP contribution is -2.33. The first kappa shape index (κ1) is 11.2. The zero-order valence-electron chi connectivity index (χ0n) is 8.96. The molecule has 2 nitrogen and oxygen atoms in total. The van der Waals surface area contributed by atoms with Crippen molar-refractivity contribution in [3.63, 3.8) is 0 Å². The molecule has 3 heteroatoms. The third-order valence-electron chi connectivity index (χ3n) is 3.21. The fourth-order valence-electron chi connectivity index (χ4n) is 1.77. The molecule has 1 saturated carbocycles. The first-order valence-electron chi connectivity index (χ1n) is 5.05. The molecule has 1 aliphatic rings. The average molecular weight is 318 g/mol. The largest absolute Gasteiger partial charge is 0.497 e. The summed E-state index contributed by atoms with van der Waals surface area (Å²) in [5.41, 5.74) is 0.231. The maximum Gasteiger partial charge on any atom is 0.118 e. The molecule has 0 heterocycles. The van der Waals surface area contributed by atoms with Gasteiger partial charge in [0.2, 0.25) is 0 Å². The molecule has 1 N–H and O–H groups in total. The third kappa shape index (κ3) is 1.87. The second kappa shape index (κ2) is 3.63. The molecule has 1 aromatic rings. The van der Waals surface area contributed by atoms with Crippen molar-refractivity contribution in [3.8, 4) is 5.75 Å². The average Bonchev–Trinajstić information content (AvgIpc) is 2.98. The van der Waals surface area contributed by atoms with Crippen LogP contribution in [0.1, 0.15) is 25.3 Å². The highest BCUT2D eigenvalue weighted by molar-refractivity contribution is 14.1. The van der Waals surface area contributed by atoms with Crippen LogP contribution in [0.4, 0.5) is 0 Å². The molecule has 0 aromatic heterocycles. The number of hydrogen-bond donors (Lipinski definition) is 1. The van der Waals surface area contributed by atoms with Gasteiger partial charge in [-0.25, -0.2) is 0 Å². The van der Waals surface area contributed by atoms with Gasteiger partial charge in [-0.15, -0.1) is 0 Å². The van der Waals surface area contributed by atoms with E-state index in [-0.39, 0.29) is 3.42 Å². The van der Waals surface area contributed by atoms with E-state index in [1.165, 1.54) is 0 Å². The second-order valence-corrected chi connectivity index (χ2v) is 6.33. The van der Waals surface area contributed by atoms with Crippen LogP contribution in [0.2, 0.25) is 0 Å². The van der Waals surface area contributed by atoms with Crippen LogP contribution in [-0.4, -0.2) is 15.6 Å². The second-order valence-electron chi connectivity index (χ2n) is 4.27. The number of aliphatic hydroxyl groups is 1. The Kier molecular flexibility index (Phi) is 2.71. The minimum absolute atomic E-state index is 0.0271. The van der Waals surface area contributed by atoms with Crippen LogP contribution in [0.3, 0.4) is 0 Å². The summed E-state index contributed by atoms with van der Waals surface area (Å²) in [4.78, 5) is 0. The zero-order valence-corrected chi connectivity index (χ0v) is 11.1. The Morgan fingerprint density at radius 1 is 1.33 bits per heavy atom. The summed E-state index contributed by atoms with van der Waals surface area (Å²) in [7, 11) is 1.65. The lowest BCUT2D eigenvalue weighted by Gasteiger charge is -2.29. The van der Waals surface area contributed by atoms with Crippen molar-refractivity contribution < 1.29 is 9.84 Å². The molecule has 2 rings (SSSR count). The Hall–Kier alpha value is -0.290. The molecule has 0 amide bonds. The SMILES string of the molecule is COc1ccc(C(C)(O)C2(I)CC2)cc1. The van der Waals surface area contributed by atoms with Gasteiger partial charge < -0.3 is 9.84 Å². The van der Waals surface area contributed by atoms with E-state index in [0.29, 0.717) is 0 Å². The number of rotatable bonds is 3. The van der Waals surface area contributed by atoms with Crippen molar-refractivity contribution >= 4 is 22.6 Å². The van der Waals surface area contributed by atoms with E-state index >= 15 is 0 Å². The fraction of sp³-hybridized carbons (Fsp3) is 0.500. The van der Waals surface area contributed by atoms with Gasteiger partial charge in [-0.2, -0.15) is 0 Å². The molecule has 82 valence electrons. The predicted molar refractivity (Wildman–Crippen MR) is 68.5 cm³/mol. The Morgan fingerprint density at radius 2 is 1.87 bits per heavy atom. The van der Waals surface area contributed by atoms with Gasteiger partial charge in [-0.1, -0.05) is 34.7 Å². The number of methoxy groups -OCH3 is 1. The van der Waals surface area contributed by atoms with Crippen molar-refractivity contribution in [1.29, 1.82) is 0 Å². The molecule has 1 aromatic carbocycles. The molecule has 0 bridgehead atoms. The quantitative estimate of drug-likeness (QED) is 0.686. The van der Waals surface area contributed by atoms with E-state index in [2.05, 4.69) is 22.6 Å². The number of benzene rings is 1. The van der Waals surface area contributed by atoms with E-state index < -0.39 is 5.60 Å². The Balaban J connectivity index is 2.29. The molecule has 1 aliphatic carbocycles. The van der Waals surface area contributed by atoms with Gasteiger partial charge in [-0.3, -0.25) is 0 Å². The summed E-state index contributed by atoms with van der Waals surface area (Å²) < 4.78 is 5.13. The smallest absolute Gasteiger partial charge is 0.118 e. The van der Waals surface area contributed by atoms with Crippen LogP contribution in [-0.2, 0) is 5.60 Å². The molecule has 0 saturated heterocycles. The number of ether oxygens (including phenoxy) is 1. The van der Waals surface area contributed by atoms with Crippen LogP contribution in [0.25, 0.3) is 0 Å². The monoisotopic (exact) mass is 318 g/mol. The molecule has 0 spiro atoms. The summed E-state index contributed by atoms with van der Waals surface area (Å²) in [5.74, 6) is 0.827. The third-order valence-corrected chi connectivity index (χ3v) is 5.34. The summed E-state index contributed by atoms with van der Waals surface area (Å²) >= 11 is 2.37. The van der Waals surface area contributed by atoms with Gasteiger partial charge in [0, 0.05) is 0 Å². The van der Waals surface area contributed by atoms with Crippen LogP contribution in [0.15, 0.2) is 24.3 Å². The van der Waals surface area contributed by atoms with Gasteiger partial charge in [-0.05, 0) is 37.5 Å². The normalized spacial score (nSPS) is 21.9. The van der Waals surface area contributed by atoms with E-state index in [4.69, 9.17) is 4.74 Å². The van der Waals surface area contributed by atoms with Gasteiger partial charge in [0.1, 0.15) is 11.4 Å². The standard InChI is InChI=1S/C12H15IO2/c1-11(14,12(13)7-8-12)9-3-5-10(15-2)6-4-9/h3-6,14H,7-8H2,1-2H3. The lowest BCUT2D eigenvalue weighted by molar-refractivity contribution is 0.0519. The Labute approximate surface area is 104 Å². The van der Waals surface area contributed by atoms with E-state index in [9.17, 15) is 5.11 Å². The maximum atomic E-state index is 10.5. The fourth-order valence-corrected chi connectivity index (χ4v) is 2.35. The van der Waals surface area contributed by atoms with E-state index in [1.54, 1.807) is 7.11 Å². The Morgan fingerprint density at radius 3 is 2.27 bits per heavy atom. The summed E-state index contributed by atoms with van der Waals surface area (Å²) in [6.07, 6.45) is 2.18. The van der Waals surface area contributed by atoms with Crippen LogP contribution < -0.4 is 4.74 Å². The van der Waals surface area contributed by atoms with Gasteiger partial charge in [0.25, 0.3) is 0 Å². The summed E-state index contributed by atoms with van der Waals surface area (Å²) in [6, 6.07) is 7.67. The molecular formula is C12H15IO2. The minimum Gasteiger partial charge on any atom is -0.497 e. The van der Waals surface area contributed by atoms with E-state index in [0.717, 1.165) is 24.2 Å². The summed E-state index contributed by atoms with van der Waals surface area (Å²) in [6.45, 7) is 1.90. The number of halogens is 1. The highest BCUT2D eigenvalue weighted by Crippen LogP contribution is 2.57. The lowest BCUT2D eigenvalue weighted by atomic mass is 9.91. The maximum absolute atomic E-state index is 10.5.